The van der Waals surface area contributed by atoms with Gasteiger partial charge < -0.3 is 10.1 Å². The van der Waals surface area contributed by atoms with Crippen molar-refractivity contribution < 1.29 is 4.74 Å². The summed E-state index contributed by atoms with van der Waals surface area (Å²) in [5.41, 5.74) is 0. The van der Waals surface area contributed by atoms with Gasteiger partial charge in [-0.25, -0.2) is 0 Å². The first-order valence-electron chi connectivity index (χ1n) is 5.36. The maximum atomic E-state index is 5.53. The molecule has 2 heterocycles. The summed E-state index contributed by atoms with van der Waals surface area (Å²) in [5.74, 6) is 0.776. The van der Waals surface area contributed by atoms with Gasteiger partial charge >= 0.3 is 0 Å². The van der Waals surface area contributed by atoms with Gasteiger partial charge in [-0.2, -0.15) is 5.10 Å². The summed E-state index contributed by atoms with van der Waals surface area (Å²) in [4.78, 5) is 0. The number of nitrogens with one attached hydrogen (secondary N) is 1. The predicted molar refractivity (Wildman–Crippen MR) is 66.5 cm³/mol. The molecular weight excluding hydrogens is 238 g/mol. The van der Waals surface area contributed by atoms with Crippen molar-refractivity contribution in [2.24, 2.45) is 0 Å². The molecule has 2 aromatic heterocycles. The van der Waals surface area contributed by atoms with E-state index < -0.39 is 0 Å². The minimum atomic E-state index is 0.157. The lowest BCUT2D eigenvalue weighted by atomic mass is 10.5. The number of ether oxygens (including phenoxy) is 1. The molecule has 17 heavy (non-hydrogen) atoms. The molecule has 0 spiro atoms. The minimum Gasteiger partial charge on any atom is -0.488 e. The fraction of sp³-hybridized carbons (Fsp3) is 0.500. The SMILES string of the molecule is CNc1nnc(Cn2cc(OC(C)C)cn2)s1. The third-order valence-corrected chi connectivity index (χ3v) is 2.88. The van der Waals surface area contributed by atoms with Crippen molar-refractivity contribution in [3.63, 3.8) is 0 Å². The molecule has 7 heteroatoms. The summed E-state index contributed by atoms with van der Waals surface area (Å²) in [7, 11) is 1.83. The van der Waals surface area contributed by atoms with Crippen LogP contribution in [0.5, 0.6) is 5.75 Å². The highest BCUT2D eigenvalue weighted by Crippen LogP contribution is 2.16. The first-order valence-corrected chi connectivity index (χ1v) is 6.18. The van der Waals surface area contributed by atoms with Crippen molar-refractivity contribution in [2.45, 2.75) is 26.5 Å². The van der Waals surface area contributed by atoms with Crippen molar-refractivity contribution in [3.8, 4) is 5.75 Å². The fourth-order valence-corrected chi connectivity index (χ4v) is 2.01. The van der Waals surface area contributed by atoms with E-state index in [1.165, 1.54) is 11.3 Å². The van der Waals surface area contributed by atoms with E-state index in [-0.39, 0.29) is 6.10 Å². The van der Waals surface area contributed by atoms with Gasteiger partial charge in [0.2, 0.25) is 5.13 Å². The van der Waals surface area contributed by atoms with E-state index >= 15 is 0 Å². The van der Waals surface area contributed by atoms with Gasteiger partial charge in [-0.3, -0.25) is 4.68 Å². The van der Waals surface area contributed by atoms with Gasteiger partial charge in [-0.15, -0.1) is 10.2 Å². The van der Waals surface area contributed by atoms with E-state index in [1.54, 1.807) is 10.9 Å². The number of hydrogen-bond donors (Lipinski definition) is 1. The summed E-state index contributed by atoms with van der Waals surface area (Å²) < 4.78 is 7.32. The van der Waals surface area contributed by atoms with Gasteiger partial charge in [0.15, 0.2) is 5.75 Å². The third-order valence-electron chi connectivity index (χ3n) is 1.96. The third kappa shape index (κ3) is 3.16. The highest BCUT2D eigenvalue weighted by Gasteiger charge is 2.06. The van der Waals surface area contributed by atoms with Crippen LogP contribution in [0.4, 0.5) is 5.13 Å². The van der Waals surface area contributed by atoms with Gasteiger partial charge in [0.1, 0.15) is 5.01 Å². The van der Waals surface area contributed by atoms with Crippen LogP contribution in [0.1, 0.15) is 18.9 Å². The smallest absolute Gasteiger partial charge is 0.205 e. The molecule has 0 aliphatic rings. The van der Waals surface area contributed by atoms with Crippen LogP contribution in [0.2, 0.25) is 0 Å². The lowest BCUT2D eigenvalue weighted by molar-refractivity contribution is 0.242. The molecule has 0 radical (unpaired) electrons. The van der Waals surface area contributed by atoms with E-state index in [2.05, 4.69) is 20.6 Å². The Morgan fingerprint density at radius 2 is 2.29 bits per heavy atom. The number of rotatable bonds is 5. The zero-order valence-corrected chi connectivity index (χ0v) is 10.9. The standard InChI is InChI=1S/C10H15N5OS/c1-7(2)16-8-4-12-15(5-8)6-9-13-14-10(11-3)17-9/h4-5,7H,6H2,1-3H3,(H,11,14). The predicted octanol–water partition coefficient (Wildman–Crippen LogP) is 1.61. The normalized spacial score (nSPS) is 10.8. The minimum absolute atomic E-state index is 0.157. The molecule has 0 fully saturated rings. The Morgan fingerprint density at radius 3 is 2.94 bits per heavy atom. The second kappa shape index (κ2) is 5.13. The van der Waals surface area contributed by atoms with E-state index in [9.17, 15) is 0 Å². The first-order chi connectivity index (χ1) is 8.17. The topological polar surface area (TPSA) is 64.9 Å². The van der Waals surface area contributed by atoms with Gasteiger partial charge in [0, 0.05) is 7.05 Å². The Hall–Kier alpha value is -1.63. The summed E-state index contributed by atoms with van der Waals surface area (Å²) in [6, 6.07) is 0. The number of aromatic nitrogens is 4. The zero-order chi connectivity index (χ0) is 12.3. The molecule has 0 unspecified atom stereocenters. The van der Waals surface area contributed by atoms with Crippen LogP contribution < -0.4 is 10.1 Å². The Labute approximate surface area is 104 Å². The molecule has 0 saturated carbocycles. The van der Waals surface area contributed by atoms with Crippen LogP contribution in [-0.2, 0) is 6.54 Å². The molecule has 0 bridgehead atoms. The van der Waals surface area contributed by atoms with Crippen molar-refractivity contribution >= 4 is 16.5 Å². The molecule has 92 valence electrons. The van der Waals surface area contributed by atoms with Crippen LogP contribution in [0.25, 0.3) is 0 Å². The Morgan fingerprint density at radius 1 is 1.47 bits per heavy atom. The number of hydrogen-bond acceptors (Lipinski definition) is 6. The Balaban J connectivity index is 2.01. The maximum absolute atomic E-state index is 5.53. The second-order valence-corrected chi connectivity index (χ2v) is 4.85. The van der Waals surface area contributed by atoms with Crippen molar-refractivity contribution in [1.82, 2.24) is 20.0 Å². The van der Waals surface area contributed by atoms with Crippen LogP contribution in [-0.4, -0.2) is 33.1 Å². The molecule has 6 nitrogen and oxygen atoms in total. The summed E-state index contributed by atoms with van der Waals surface area (Å²) in [6.45, 7) is 4.59. The molecule has 0 amide bonds. The molecule has 2 rings (SSSR count). The summed E-state index contributed by atoms with van der Waals surface area (Å²) in [6.07, 6.45) is 3.73. The highest BCUT2D eigenvalue weighted by atomic mass is 32.1. The van der Waals surface area contributed by atoms with E-state index in [4.69, 9.17) is 4.74 Å². The van der Waals surface area contributed by atoms with Crippen LogP contribution in [0, 0.1) is 0 Å². The molecule has 0 aliphatic heterocycles. The van der Waals surface area contributed by atoms with E-state index in [0.717, 1.165) is 15.9 Å². The van der Waals surface area contributed by atoms with Crippen molar-refractivity contribution in [3.05, 3.63) is 17.4 Å². The average Bonchev–Trinajstić information content (AvgIpc) is 2.88. The van der Waals surface area contributed by atoms with Crippen LogP contribution >= 0.6 is 11.3 Å². The number of anilines is 1. The average molecular weight is 253 g/mol. The highest BCUT2D eigenvalue weighted by molar-refractivity contribution is 7.15. The van der Waals surface area contributed by atoms with Gasteiger partial charge in [0.25, 0.3) is 0 Å². The lowest BCUT2D eigenvalue weighted by Gasteiger charge is -2.05. The maximum Gasteiger partial charge on any atom is 0.205 e. The molecule has 2 aromatic rings. The van der Waals surface area contributed by atoms with Crippen molar-refractivity contribution in [2.75, 3.05) is 12.4 Å². The molecular formula is C10H15N5OS. The van der Waals surface area contributed by atoms with Gasteiger partial charge in [-0.1, -0.05) is 11.3 Å². The van der Waals surface area contributed by atoms with E-state index in [1.807, 2.05) is 27.1 Å². The summed E-state index contributed by atoms with van der Waals surface area (Å²) >= 11 is 1.52. The summed E-state index contributed by atoms with van der Waals surface area (Å²) in [5, 5.41) is 16.9. The second-order valence-electron chi connectivity index (χ2n) is 3.79. The van der Waals surface area contributed by atoms with Gasteiger partial charge in [0.05, 0.1) is 25.0 Å². The number of nitrogens with zero attached hydrogens (tertiary/aromatic N) is 4. The Kier molecular flexibility index (Phi) is 3.58. The lowest BCUT2D eigenvalue weighted by Crippen LogP contribution is -2.04. The molecule has 0 saturated heterocycles. The largest absolute Gasteiger partial charge is 0.488 e. The molecule has 0 atom stereocenters. The zero-order valence-electron chi connectivity index (χ0n) is 10.0. The van der Waals surface area contributed by atoms with Crippen LogP contribution in [0.3, 0.4) is 0 Å². The van der Waals surface area contributed by atoms with Gasteiger partial charge in [-0.05, 0) is 13.8 Å². The molecule has 0 aliphatic carbocycles. The Bertz CT molecular complexity index is 479. The molecule has 1 N–H and O–H groups in total. The quantitative estimate of drug-likeness (QED) is 0.877. The molecule has 0 aromatic carbocycles. The first kappa shape index (κ1) is 11.8. The monoisotopic (exact) mass is 253 g/mol. The van der Waals surface area contributed by atoms with Crippen molar-refractivity contribution in [1.29, 1.82) is 0 Å². The fourth-order valence-electron chi connectivity index (χ4n) is 1.32. The van der Waals surface area contributed by atoms with E-state index in [0.29, 0.717) is 6.54 Å². The van der Waals surface area contributed by atoms with Crippen LogP contribution in [0.15, 0.2) is 12.4 Å².